The van der Waals surface area contributed by atoms with Gasteiger partial charge in [-0.2, -0.15) is 0 Å². The Morgan fingerprint density at radius 3 is 2.91 bits per heavy atom. The average molecular weight is 364 g/mol. The fourth-order valence-corrected chi connectivity index (χ4v) is 5.04. The summed E-state index contributed by atoms with van der Waals surface area (Å²) in [6.07, 6.45) is 1.58. The summed E-state index contributed by atoms with van der Waals surface area (Å²) in [6, 6.07) is 4.05. The van der Waals surface area contributed by atoms with Gasteiger partial charge in [0.15, 0.2) is 0 Å². The summed E-state index contributed by atoms with van der Waals surface area (Å²) in [5, 5.41) is 4.02. The number of thiophene rings is 2. The molecule has 3 heterocycles. The minimum Gasteiger partial charge on any atom is -0.340 e. The molecule has 0 aliphatic rings. The molecule has 7 heteroatoms. The van der Waals surface area contributed by atoms with E-state index >= 15 is 0 Å². The van der Waals surface area contributed by atoms with Crippen LogP contribution in [0.5, 0.6) is 0 Å². The van der Waals surface area contributed by atoms with E-state index in [4.69, 9.17) is 0 Å². The summed E-state index contributed by atoms with van der Waals surface area (Å²) >= 11 is 4.84. The second-order valence-corrected chi connectivity index (χ2v) is 8.46. The Bertz CT molecular complexity index is 827. The Balaban J connectivity index is 1.69. The van der Waals surface area contributed by atoms with Crippen molar-refractivity contribution in [3.63, 3.8) is 0 Å². The molecule has 0 atom stereocenters. The van der Waals surface area contributed by atoms with Crippen molar-refractivity contribution in [3.8, 4) is 0 Å². The molecule has 120 valence electrons. The molecular weight excluding hydrogens is 346 g/mol. The van der Waals surface area contributed by atoms with E-state index in [2.05, 4.69) is 23.8 Å². The van der Waals surface area contributed by atoms with Gasteiger partial charge in [0.25, 0.3) is 0 Å². The van der Waals surface area contributed by atoms with Crippen molar-refractivity contribution in [1.29, 1.82) is 0 Å². The lowest BCUT2D eigenvalue weighted by Crippen LogP contribution is -2.27. The second-order valence-electron chi connectivity index (χ2n) is 5.26. The van der Waals surface area contributed by atoms with Crippen molar-refractivity contribution in [3.05, 3.63) is 39.2 Å². The molecule has 0 aromatic carbocycles. The average Bonchev–Trinajstić information content (AvgIpc) is 3.14. The molecule has 0 aliphatic carbocycles. The van der Waals surface area contributed by atoms with E-state index in [0.717, 1.165) is 15.2 Å². The third kappa shape index (κ3) is 3.57. The topological polar surface area (TPSA) is 46.1 Å². The van der Waals surface area contributed by atoms with Crippen LogP contribution in [0.4, 0.5) is 0 Å². The van der Waals surface area contributed by atoms with Crippen LogP contribution >= 0.6 is 34.4 Å². The molecule has 0 saturated carbocycles. The zero-order valence-electron chi connectivity index (χ0n) is 13.2. The number of hydrogen-bond acceptors (Lipinski definition) is 6. The predicted octanol–water partition coefficient (Wildman–Crippen LogP) is 4.12. The van der Waals surface area contributed by atoms with Gasteiger partial charge in [-0.3, -0.25) is 4.79 Å². The molecule has 0 fully saturated rings. The highest BCUT2D eigenvalue weighted by Gasteiger charge is 2.15. The summed E-state index contributed by atoms with van der Waals surface area (Å²) < 4.78 is 0. The van der Waals surface area contributed by atoms with Crippen molar-refractivity contribution < 1.29 is 4.79 Å². The van der Waals surface area contributed by atoms with Gasteiger partial charge in [-0.15, -0.1) is 22.7 Å². The highest BCUT2D eigenvalue weighted by molar-refractivity contribution is 8.00. The van der Waals surface area contributed by atoms with Crippen LogP contribution in [0, 0.1) is 13.8 Å². The lowest BCUT2D eigenvalue weighted by molar-refractivity contribution is -0.127. The van der Waals surface area contributed by atoms with Crippen LogP contribution in [0.2, 0.25) is 0 Å². The normalized spacial score (nSPS) is 11.1. The highest BCUT2D eigenvalue weighted by atomic mass is 32.2. The Labute approximate surface area is 147 Å². The minimum absolute atomic E-state index is 0.111. The van der Waals surface area contributed by atoms with Gasteiger partial charge in [-0.1, -0.05) is 17.8 Å². The molecule has 3 aromatic heterocycles. The van der Waals surface area contributed by atoms with Crippen molar-refractivity contribution in [1.82, 2.24) is 14.9 Å². The van der Waals surface area contributed by atoms with E-state index in [0.29, 0.717) is 12.3 Å². The largest absolute Gasteiger partial charge is 0.340 e. The maximum absolute atomic E-state index is 12.3. The number of fused-ring (bicyclic) bond motifs is 1. The Morgan fingerprint density at radius 1 is 1.35 bits per heavy atom. The molecular formula is C16H17N3OS3. The van der Waals surface area contributed by atoms with Gasteiger partial charge < -0.3 is 4.90 Å². The second kappa shape index (κ2) is 6.98. The molecule has 3 aromatic rings. The van der Waals surface area contributed by atoms with Gasteiger partial charge in [0.1, 0.15) is 16.2 Å². The summed E-state index contributed by atoms with van der Waals surface area (Å²) in [5.74, 6) is 0.502. The Kier molecular flexibility index (Phi) is 4.99. The Morgan fingerprint density at radius 2 is 2.17 bits per heavy atom. The third-order valence-corrected chi connectivity index (χ3v) is 6.61. The molecule has 0 radical (unpaired) electrons. The first kappa shape index (κ1) is 16.4. The van der Waals surface area contributed by atoms with Gasteiger partial charge in [0.05, 0.1) is 12.3 Å². The number of rotatable bonds is 5. The molecule has 4 nitrogen and oxygen atoms in total. The first-order valence-electron chi connectivity index (χ1n) is 7.16. The number of carbonyl (C=O) groups is 1. The summed E-state index contributed by atoms with van der Waals surface area (Å²) in [5.41, 5.74) is 1.22. The van der Waals surface area contributed by atoms with E-state index in [-0.39, 0.29) is 5.91 Å². The number of aromatic nitrogens is 2. The van der Waals surface area contributed by atoms with Gasteiger partial charge in [0, 0.05) is 22.2 Å². The maximum Gasteiger partial charge on any atom is 0.233 e. The number of hydrogen-bond donors (Lipinski definition) is 0. The molecule has 0 N–H and O–H groups in total. The van der Waals surface area contributed by atoms with Crippen molar-refractivity contribution in [2.75, 3.05) is 12.8 Å². The zero-order valence-corrected chi connectivity index (χ0v) is 15.6. The van der Waals surface area contributed by atoms with Gasteiger partial charge in [0.2, 0.25) is 5.91 Å². The first-order chi connectivity index (χ1) is 11.1. The van der Waals surface area contributed by atoms with Crippen LogP contribution < -0.4 is 0 Å². The van der Waals surface area contributed by atoms with Crippen LogP contribution in [-0.4, -0.2) is 33.6 Å². The van der Waals surface area contributed by atoms with Crippen molar-refractivity contribution >= 4 is 50.6 Å². The number of nitrogens with zero attached hydrogens (tertiary/aromatic N) is 3. The monoisotopic (exact) mass is 363 g/mol. The zero-order chi connectivity index (χ0) is 16.4. The van der Waals surface area contributed by atoms with Crippen LogP contribution in [0.3, 0.4) is 0 Å². The van der Waals surface area contributed by atoms with Crippen LogP contribution in [0.1, 0.15) is 15.3 Å². The van der Waals surface area contributed by atoms with Crippen LogP contribution in [0.15, 0.2) is 28.9 Å². The summed E-state index contributed by atoms with van der Waals surface area (Å²) in [4.78, 5) is 26.3. The molecule has 0 spiro atoms. The standard InChI is InChI=1S/C16H17N3OS3/c1-10-11(2)23-16-14(10)15(17-9-18-16)22-8-13(20)19(3)7-12-5-4-6-21-12/h4-6,9H,7-8H2,1-3H3. The molecule has 3 rings (SSSR count). The van der Waals surface area contributed by atoms with E-state index in [1.165, 1.54) is 27.1 Å². The summed E-state index contributed by atoms with van der Waals surface area (Å²) in [6.45, 7) is 4.84. The molecule has 0 aliphatic heterocycles. The molecule has 1 amide bonds. The lowest BCUT2D eigenvalue weighted by atomic mass is 10.2. The number of aryl methyl sites for hydroxylation is 2. The smallest absolute Gasteiger partial charge is 0.233 e. The molecule has 0 unspecified atom stereocenters. The maximum atomic E-state index is 12.3. The fraction of sp³-hybridized carbons (Fsp3) is 0.312. The molecule has 0 bridgehead atoms. The molecule has 0 saturated heterocycles. The van der Waals surface area contributed by atoms with Gasteiger partial charge >= 0.3 is 0 Å². The summed E-state index contributed by atoms with van der Waals surface area (Å²) in [7, 11) is 1.85. The fourth-order valence-electron chi connectivity index (χ4n) is 2.22. The van der Waals surface area contributed by atoms with E-state index < -0.39 is 0 Å². The van der Waals surface area contributed by atoms with E-state index in [1.807, 2.05) is 24.6 Å². The highest BCUT2D eigenvalue weighted by Crippen LogP contribution is 2.34. The van der Waals surface area contributed by atoms with Crippen LogP contribution in [-0.2, 0) is 11.3 Å². The third-order valence-electron chi connectivity index (χ3n) is 3.66. The molecule has 23 heavy (non-hydrogen) atoms. The number of carbonyl (C=O) groups excluding carboxylic acids is 1. The van der Waals surface area contributed by atoms with Crippen molar-refractivity contribution in [2.45, 2.75) is 25.4 Å². The van der Waals surface area contributed by atoms with Gasteiger partial charge in [-0.05, 0) is 30.9 Å². The lowest BCUT2D eigenvalue weighted by Gasteiger charge is -2.15. The first-order valence-corrected chi connectivity index (χ1v) is 9.84. The predicted molar refractivity (Wildman–Crippen MR) is 98.4 cm³/mol. The van der Waals surface area contributed by atoms with E-state index in [1.54, 1.807) is 33.9 Å². The minimum atomic E-state index is 0.111. The van der Waals surface area contributed by atoms with Gasteiger partial charge in [-0.25, -0.2) is 9.97 Å². The SMILES string of the molecule is Cc1sc2ncnc(SCC(=O)N(C)Cc3cccs3)c2c1C. The van der Waals surface area contributed by atoms with Crippen molar-refractivity contribution in [2.24, 2.45) is 0 Å². The quantitative estimate of drug-likeness (QED) is 0.505. The number of thioether (sulfide) groups is 1. The number of amides is 1. The van der Waals surface area contributed by atoms with E-state index in [9.17, 15) is 4.79 Å². The Hall–Kier alpha value is -1.44. The van der Waals surface area contributed by atoms with Crippen LogP contribution in [0.25, 0.3) is 10.2 Å².